The maximum atomic E-state index is 13.5. The fourth-order valence-corrected chi connectivity index (χ4v) is 6.27. The van der Waals surface area contributed by atoms with Gasteiger partial charge in [0.25, 0.3) is 0 Å². The van der Waals surface area contributed by atoms with Crippen LogP contribution >= 0.6 is 15.9 Å². The first-order valence-electron chi connectivity index (χ1n) is 13.4. The predicted octanol–water partition coefficient (Wildman–Crippen LogP) is 9.06. The third-order valence-corrected chi connectivity index (χ3v) is 8.25. The average Bonchev–Trinajstić information content (AvgIpc) is 3.46. The second-order valence-electron chi connectivity index (χ2n) is 10.4. The normalized spacial score (nSPS) is 19.2. The second-order valence-corrected chi connectivity index (χ2v) is 11.2. The van der Waals surface area contributed by atoms with Crippen LogP contribution in [0.5, 0.6) is 11.5 Å². The van der Waals surface area contributed by atoms with Crippen LogP contribution in [-0.2, 0) is 6.61 Å². The molecule has 0 bridgehead atoms. The number of aliphatic imine (C=N–C) groups is 1. The molecular formula is C34H30BrFN2O2. The first-order chi connectivity index (χ1) is 19.5. The summed E-state index contributed by atoms with van der Waals surface area (Å²) >= 11 is 3.59. The maximum Gasteiger partial charge on any atom is 0.175 e. The molecule has 0 aromatic heterocycles. The summed E-state index contributed by atoms with van der Waals surface area (Å²) in [5.74, 6) is 1.80. The Bertz CT molecular complexity index is 1600. The molecule has 3 atom stereocenters. The minimum Gasteiger partial charge on any atom is -0.493 e. The zero-order valence-electron chi connectivity index (χ0n) is 22.4. The van der Waals surface area contributed by atoms with Crippen molar-refractivity contribution in [3.63, 3.8) is 0 Å². The van der Waals surface area contributed by atoms with Crippen LogP contribution in [0.15, 0.2) is 100 Å². The van der Waals surface area contributed by atoms with Crippen molar-refractivity contribution in [3.05, 3.63) is 129 Å². The molecular weight excluding hydrogens is 567 g/mol. The average molecular weight is 598 g/mol. The van der Waals surface area contributed by atoms with Gasteiger partial charge in [-0.15, -0.1) is 0 Å². The maximum absolute atomic E-state index is 13.5. The number of ether oxygens (including phenoxy) is 2. The Balaban J connectivity index is 1.17. The Labute approximate surface area is 242 Å². The van der Waals surface area contributed by atoms with Crippen molar-refractivity contribution < 1.29 is 13.9 Å². The molecule has 1 heterocycles. The van der Waals surface area contributed by atoms with E-state index < -0.39 is 0 Å². The number of rotatable bonds is 7. The standard InChI is InChI=1S/C34H30BrFN2O2/c1-21-9-14-31-29(15-21)27-7-4-8-28(27)33(38-31)24-10-12-26(13-11-24)37-19-23-17-30(35)34(32(18-23)39-2)40-20-22-5-3-6-25(36)16-22/h3-7,9-19,27-28,33,38H,8,20H2,1-2H3/t27-,28+,33+/m1/s1. The molecule has 2 aliphatic rings. The van der Waals surface area contributed by atoms with Crippen molar-refractivity contribution >= 4 is 33.5 Å². The van der Waals surface area contributed by atoms with Gasteiger partial charge < -0.3 is 14.8 Å². The van der Waals surface area contributed by atoms with Gasteiger partial charge in [0.15, 0.2) is 11.5 Å². The van der Waals surface area contributed by atoms with Gasteiger partial charge in [-0.25, -0.2) is 4.39 Å². The topological polar surface area (TPSA) is 42.8 Å². The van der Waals surface area contributed by atoms with E-state index in [-0.39, 0.29) is 18.5 Å². The number of benzene rings is 4. The fourth-order valence-electron chi connectivity index (χ4n) is 5.70. The number of halogens is 2. The van der Waals surface area contributed by atoms with Gasteiger partial charge in [-0.3, -0.25) is 4.99 Å². The van der Waals surface area contributed by atoms with Crippen molar-refractivity contribution in [2.45, 2.75) is 31.9 Å². The lowest BCUT2D eigenvalue weighted by molar-refractivity contribution is 0.282. The quantitative estimate of drug-likeness (QED) is 0.171. The lowest BCUT2D eigenvalue weighted by Crippen LogP contribution is -2.29. The van der Waals surface area contributed by atoms with Crippen LogP contribution in [-0.4, -0.2) is 13.3 Å². The number of allylic oxidation sites excluding steroid dienone is 2. The lowest BCUT2D eigenvalue weighted by atomic mass is 9.76. The van der Waals surface area contributed by atoms with Crippen molar-refractivity contribution in [2.24, 2.45) is 10.9 Å². The van der Waals surface area contributed by atoms with Crippen LogP contribution in [0.2, 0.25) is 0 Å². The van der Waals surface area contributed by atoms with E-state index in [0.717, 1.165) is 27.7 Å². The molecule has 1 aliphatic heterocycles. The number of fused-ring (bicyclic) bond motifs is 3. The van der Waals surface area contributed by atoms with Gasteiger partial charge in [-0.1, -0.05) is 54.1 Å². The van der Waals surface area contributed by atoms with Gasteiger partial charge >= 0.3 is 0 Å². The molecule has 0 saturated heterocycles. The van der Waals surface area contributed by atoms with Gasteiger partial charge in [0.2, 0.25) is 0 Å². The van der Waals surface area contributed by atoms with Crippen molar-refractivity contribution in [2.75, 3.05) is 12.4 Å². The molecule has 4 aromatic rings. The summed E-state index contributed by atoms with van der Waals surface area (Å²) in [5, 5.41) is 3.81. The van der Waals surface area contributed by atoms with E-state index in [9.17, 15) is 4.39 Å². The number of anilines is 1. The Morgan fingerprint density at radius 2 is 1.90 bits per heavy atom. The molecule has 40 heavy (non-hydrogen) atoms. The van der Waals surface area contributed by atoms with Crippen molar-refractivity contribution in [3.8, 4) is 11.5 Å². The first kappa shape index (κ1) is 26.3. The monoisotopic (exact) mass is 596 g/mol. The third kappa shape index (κ3) is 5.41. The van der Waals surface area contributed by atoms with Crippen LogP contribution in [0, 0.1) is 18.7 Å². The minimum atomic E-state index is -0.290. The van der Waals surface area contributed by atoms with Gasteiger partial charge in [0.05, 0.1) is 23.3 Å². The zero-order valence-corrected chi connectivity index (χ0v) is 24.0. The van der Waals surface area contributed by atoms with E-state index in [1.165, 1.54) is 34.5 Å². The van der Waals surface area contributed by atoms with E-state index in [1.54, 1.807) is 13.2 Å². The van der Waals surface area contributed by atoms with Gasteiger partial charge in [-0.05, 0) is 99.9 Å². The number of nitrogens with zero attached hydrogens (tertiary/aromatic N) is 1. The molecule has 4 aromatic carbocycles. The molecule has 0 saturated carbocycles. The third-order valence-electron chi connectivity index (χ3n) is 7.66. The number of hydrogen-bond acceptors (Lipinski definition) is 4. The highest BCUT2D eigenvalue weighted by Gasteiger charge is 2.37. The highest BCUT2D eigenvalue weighted by atomic mass is 79.9. The Hall–Kier alpha value is -3.90. The molecule has 6 rings (SSSR count). The van der Waals surface area contributed by atoms with E-state index in [1.807, 2.05) is 24.4 Å². The SMILES string of the molecule is COc1cc(C=Nc2ccc([C@@H]3Nc4ccc(C)cc4[C@@H]4C=CC[C@@H]43)cc2)cc(Br)c1OCc1cccc(F)c1. The summed E-state index contributed by atoms with van der Waals surface area (Å²) in [6, 6.07) is 25.6. The van der Waals surface area contributed by atoms with Gasteiger partial charge in [-0.2, -0.15) is 0 Å². The fraction of sp³-hybridized carbons (Fsp3) is 0.206. The molecule has 4 nitrogen and oxygen atoms in total. The Morgan fingerprint density at radius 3 is 2.70 bits per heavy atom. The van der Waals surface area contributed by atoms with Crippen LogP contribution in [0.25, 0.3) is 0 Å². The highest BCUT2D eigenvalue weighted by molar-refractivity contribution is 9.10. The summed E-state index contributed by atoms with van der Waals surface area (Å²) in [4.78, 5) is 4.71. The highest BCUT2D eigenvalue weighted by Crippen LogP contribution is 2.50. The lowest BCUT2D eigenvalue weighted by Gasteiger charge is -2.37. The number of methoxy groups -OCH3 is 1. The molecule has 6 heteroatoms. The Kier molecular flexibility index (Phi) is 7.44. The second kappa shape index (κ2) is 11.3. The summed E-state index contributed by atoms with van der Waals surface area (Å²) in [7, 11) is 1.60. The zero-order chi connectivity index (χ0) is 27.6. The van der Waals surface area contributed by atoms with Gasteiger partial charge in [0, 0.05) is 17.8 Å². The van der Waals surface area contributed by atoms with Crippen LogP contribution in [0.4, 0.5) is 15.8 Å². The van der Waals surface area contributed by atoms with E-state index in [0.29, 0.717) is 23.3 Å². The molecule has 0 unspecified atom stereocenters. The largest absolute Gasteiger partial charge is 0.493 e. The first-order valence-corrected chi connectivity index (χ1v) is 14.2. The number of aryl methyl sites for hydroxylation is 1. The Morgan fingerprint density at radius 1 is 1.05 bits per heavy atom. The van der Waals surface area contributed by atoms with Crippen molar-refractivity contribution in [1.82, 2.24) is 0 Å². The minimum absolute atomic E-state index is 0.227. The molecule has 0 radical (unpaired) electrons. The predicted molar refractivity (Wildman–Crippen MR) is 163 cm³/mol. The van der Waals surface area contributed by atoms with E-state index in [4.69, 9.17) is 14.5 Å². The van der Waals surface area contributed by atoms with Gasteiger partial charge in [0.1, 0.15) is 12.4 Å². The molecule has 1 aliphatic carbocycles. The summed E-state index contributed by atoms with van der Waals surface area (Å²) in [6.45, 7) is 2.39. The number of hydrogen-bond donors (Lipinski definition) is 1. The molecule has 1 N–H and O–H groups in total. The van der Waals surface area contributed by atoms with Crippen molar-refractivity contribution in [1.29, 1.82) is 0 Å². The molecule has 0 amide bonds. The summed E-state index contributed by atoms with van der Waals surface area (Å²) in [5.41, 5.74) is 7.69. The molecule has 0 spiro atoms. The molecule has 202 valence electrons. The smallest absolute Gasteiger partial charge is 0.175 e. The molecule has 0 fully saturated rings. The van der Waals surface area contributed by atoms with Crippen LogP contribution < -0.4 is 14.8 Å². The summed E-state index contributed by atoms with van der Waals surface area (Å²) in [6.07, 6.45) is 7.59. The van der Waals surface area contributed by atoms with Crippen LogP contribution in [0.1, 0.15) is 46.2 Å². The van der Waals surface area contributed by atoms with Crippen LogP contribution in [0.3, 0.4) is 0 Å². The number of nitrogens with one attached hydrogen (secondary N) is 1. The summed E-state index contributed by atoms with van der Waals surface area (Å²) < 4.78 is 25.8. The van der Waals surface area contributed by atoms with E-state index in [2.05, 4.69) is 82.8 Å². The van der Waals surface area contributed by atoms with E-state index >= 15 is 0 Å².